The number of hydrogen-bond donors (Lipinski definition) is 1. The van der Waals surface area contributed by atoms with Crippen LogP contribution in [-0.4, -0.2) is 46.7 Å². The van der Waals surface area contributed by atoms with Gasteiger partial charge in [-0.2, -0.15) is 13.2 Å². The van der Waals surface area contributed by atoms with Crippen LogP contribution in [0.4, 0.5) is 22.0 Å². The molecule has 1 aliphatic rings. The Kier molecular flexibility index (Phi) is 8.92. The lowest BCUT2D eigenvalue weighted by Gasteiger charge is -2.18. The van der Waals surface area contributed by atoms with Gasteiger partial charge in [-0.05, 0) is 52.3 Å². The number of carbonyl (C=O) groups is 4. The van der Waals surface area contributed by atoms with Crippen molar-refractivity contribution in [2.24, 2.45) is 5.73 Å². The molecule has 0 saturated heterocycles. The molecular weight excluding hydrogens is 689 g/mol. The number of hydrogen-bond acceptors (Lipinski definition) is 8. The van der Waals surface area contributed by atoms with Gasteiger partial charge in [0.15, 0.2) is 16.2 Å². The zero-order valence-corrected chi connectivity index (χ0v) is 24.7. The molecule has 10 nitrogen and oxygen atoms in total. The van der Waals surface area contributed by atoms with E-state index in [0.717, 1.165) is 35.2 Å². The molecule has 1 aromatic heterocycles. The highest BCUT2D eigenvalue weighted by atomic mass is 79.9. The minimum Gasteiger partial charge on any atom is -0.474 e. The minimum atomic E-state index is -4.59. The summed E-state index contributed by atoms with van der Waals surface area (Å²) in [6, 6.07) is 11.6. The van der Waals surface area contributed by atoms with Crippen LogP contribution in [0.3, 0.4) is 0 Å². The number of aromatic nitrogens is 1. The monoisotopic (exact) mass is 707 g/mol. The highest BCUT2D eigenvalue weighted by Crippen LogP contribution is 2.36. The fourth-order valence-corrected chi connectivity index (χ4v) is 4.98. The van der Waals surface area contributed by atoms with Gasteiger partial charge in [0.2, 0.25) is 12.0 Å². The lowest BCUT2D eigenvalue weighted by Crippen LogP contribution is -2.32. The SMILES string of the molecule is NC(=O)c1c(F)ccc(OC(COC(=O)CCN2C(=O)c3ccccc3C2=O)c2nc(-c3ccc(C(F)(F)F)cc3)c(Br)o2)c1F. The van der Waals surface area contributed by atoms with Gasteiger partial charge in [0.1, 0.15) is 23.7 Å². The molecule has 3 aromatic carbocycles. The van der Waals surface area contributed by atoms with Crippen LogP contribution in [0.2, 0.25) is 0 Å². The molecule has 238 valence electrons. The van der Waals surface area contributed by atoms with Gasteiger partial charge in [-0.25, -0.2) is 13.8 Å². The fraction of sp³-hybridized carbons (Fsp3) is 0.167. The number of fused-ring (bicyclic) bond motifs is 1. The minimum absolute atomic E-state index is 0.00618. The van der Waals surface area contributed by atoms with Crippen LogP contribution in [0, 0.1) is 11.6 Å². The number of nitrogens with two attached hydrogens (primary N) is 1. The molecule has 1 atom stereocenters. The lowest BCUT2D eigenvalue weighted by atomic mass is 10.1. The van der Waals surface area contributed by atoms with Gasteiger partial charge in [-0.15, -0.1) is 0 Å². The van der Waals surface area contributed by atoms with Gasteiger partial charge in [0.05, 0.1) is 23.1 Å². The van der Waals surface area contributed by atoms with E-state index in [9.17, 15) is 36.7 Å². The van der Waals surface area contributed by atoms with Gasteiger partial charge in [-0.3, -0.25) is 24.1 Å². The summed E-state index contributed by atoms with van der Waals surface area (Å²) in [5, 5.41) is 0. The molecular formula is C30H19BrF5N3O7. The van der Waals surface area contributed by atoms with Gasteiger partial charge in [-0.1, -0.05) is 24.3 Å². The average molecular weight is 708 g/mol. The van der Waals surface area contributed by atoms with Gasteiger partial charge in [0.25, 0.3) is 17.7 Å². The number of nitrogens with zero attached hydrogens (tertiary/aromatic N) is 2. The van der Waals surface area contributed by atoms with Crippen molar-refractivity contribution >= 4 is 39.6 Å². The van der Waals surface area contributed by atoms with Crippen molar-refractivity contribution in [3.8, 4) is 17.0 Å². The molecule has 0 aliphatic carbocycles. The first-order valence-electron chi connectivity index (χ1n) is 13.2. The van der Waals surface area contributed by atoms with Crippen molar-refractivity contribution in [2.45, 2.75) is 18.7 Å². The Balaban J connectivity index is 1.37. The zero-order chi connectivity index (χ0) is 33.3. The van der Waals surface area contributed by atoms with E-state index < -0.39 is 77.5 Å². The third-order valence-electron chi connectivity index (χ3n) is 6.75. The molecule has 0 spiro atoms. The van der Waals surface area contributed by atoms with E-state index in [4.69, 9.17) is 19.6 Å². The number of benzene rings is 3. The molecule has 2 N–H and O–H groups in total. The van der Waals surface area contributed by atoms with E-state index in [1.54, 1.807) is 12.1 Å². The first-order chi connectivity index (χ1) is 21.8. The molecule has 1 aliphatic heterocycles. The van der Waals surface area contributed by atoms with E-state index in [-0.39, 0.29) is 39.5 Å². The standard InChI is InChI=1S/C30H19BrF5N3O7/c31-25-24(14-5-7-15(8-6-14)30(34,35)36)38-27(46-25)20(45-19-10-9-18(32)22(23(19)33)26(37)41)13-44-21(40)11-12-39-28(42)16-3-1-2-4-17(16)29(39)43/h1-10,20H,11-13H2,(H2,37,41). The third kappa shape index (κ3) is 6.47. The summed E-state index contributed by atoms with van der Waals surface area (Å²) >= 11 is 3.12. The maximum absolute atomic E-state index is 15.0. The van der Waals surface area contributed by atoms with Crippen molar-refractivity contribution in [3.05, 3.63) is 105 Å². The summed E-state index contributed by atoms with van der Waals surface area (Å²) < 4.78 is 84.5. The van der Waals surface area contributed by atoms with Crippen LogP contribution in [0.25, 0.3) is 11.3 Å². The molecule has 0 saturated carbocycles. The van der Waals surface area contributed by atoms with Gasteiger partial charge in [0, 0.05) is 12.1 Å². The summed E-state index contributed by atoms with van der Waals surface area (Å²) in [5.41, 5.74) is 3.61. The van der Waals surface area contributed by atoms with Crippen molar-refractivity contribution in [1.29, 1.82) is 0 Å². The van der Waals surface area contributed by atoms with Crippen molar-refractivity contribution in [1.82, 2.24) is 9.88 Å². The Morgan fingerprint density at radius 1 is 0.978 bits per heavy atom. The second-order valence-electron chi connectivity index (χ2n) is 9.70. The Labute approximate surface area is 264 Å². The van der Waals surface area contributed by atoms with E-state index in [2.05, 4.69) is 20.9 Å². The van der Waals surface area contributed by atoms with Gasteiger partial charge < -0.3 is 19.6 Å². The highest BCUT2D eigenvalue weighted by Gasteiger charge is 2.36. The molecule has 0 bridgehead atoms. The van der Waals surface area contributed by atoms with Gasteiger partial charge >= 0.3 is 12.1 Å². The molecule has 0 fully saturated rings. The quantitative estimate of drug-likeness (QED) is 0.123. The number of esters is 1. The Hall–Kier alpha value is -5.12. The Morgan fingerprint density at radius 2 is 1.61 bits per heavy atom. The highest BCUT2D eigenvalue weighted by molar-refractivity contribution is 9.10. The van der Waals surface area contributed by atoms with E-state index >= 15 is 4.39 Å². The van der Waals surface area contributed by atoms with Crippen molar-refractivity contribution < 1.29 is 55.0 Å². The van der Waals surface area contributed by atoms with Crippen LogP contribution in [0.15, 0.2) is 69.8 Å². The number of rotatable bonds is 10. The number of amides is 3. The predicted molar refractivity (Wildman–Crippen MR) is 150 cm³/mol. The van der Waals surface area contributed by atoms with Crippen LogP contribution in [0.5, 0.6) is 5.75 Å². The molecule has 16 heteroatoms. The lowest BCUT2D eigenvalue weighted by molar-refractivity contribution is -0.146. The van der Waals surface area contributed by atoms with E-state index in [1.165, 1.54) is 12.1 Å². The van der Waals surface area contributed by atoms with Crippen LogP contribution < -0.4 is 10.5 Å². The maximum atomic E-state index is 15.0. The first-order valence-corrected chi connectivity index (χ1v) is 13.9. The molecule has 2 heterocycles. The molecule has 1 unspecified atom stereocenters. The van der Waals surface area contributed by atoms with E-state index in [0.29, 0.717) is 6.07 Å². The first kappa shape index (κ1) is 32.3. The predicted octanol–water partition coefficient (Wildman–Crippen LogP) is 5.85. The molecule has 5 rings (SSSR count). The van der Waals surface area contributed by atoms with Crippen LogP contribution >= 0.6 is 15.9 Å². The van der Waals surface area contributed by atoms with Crippen LogP contribution in [-0.2, 0) is 15.7 Å². The average Bonchev–Trinajstić information content (AvgIpc) is 3.51. The summed E-state index contributed by atoms with van der Waals surface area (Å²) in [6.45, 7) is -1.04. The normalized spacial score (nSPS) is 13.5. The number of imide groups is 1. The second-order valence-corrected chi connectivity index (χ2v) is 10.4. The summed E-state index contributed by atoms with van der Waals surface area (Å²) in [4.78, 5) is 54.5. The third-order valence-corrected chi connectivity index (χ3v) is 7.29. The number of primary amides is 1. The number of halogens is 6. The fourth-order valence-electron chi connectivity index (χ4n) is 4.50. The smallest absolute Gasteiger partial charge is 0.416 e. The summed E-state index contributed by atoms with van der Waals surface area (Å²) in [6.07, 6.45) is -6.60. The summed E-state index contributed by atoms with van der Waals surface area (Å²) in [5.74, 6) is -7.33. The zero-order valence-electron chi connectivity index (χ0n) is 23.1. The number of alkyl halides is 3. The molecule has 46 heavy (non-hydrogen) atoms. The summed E-state index contributed by atoms with van der Waals surface area (Å²) in [7, 11) is 0. The molecule has 0 radical (unpaired) electrons. The Morgan fingerprint density at radius 3 is 2.20 bits per heavy atom. The Bertz CT molecular complexity index is 1830. The number of oxazole rings is 1. The number of carbonyl (C=O) groups excluding carboxylic acids is 4. The second kappa shape index (κ2) is 12.7. The van der Waals surface area contributed by atoms with Crippen molar-refractivity contribution in [2.75, 3.05) is 13.2 Å². The number of ether oxygens (including phenoxy) is 2. The van der Waals surface area contributed by atoms with Crippen LogP contribution in [0.1, 0.15) is 55.1 Å². The molecule has 4 aromatic rings. The van der Waals surface area contributed by atoms with E-state index in [1.807, 2.05) is 0 Å². The maximum Gasteiger partial charge on any atom is 0.416 e. The van der Waals surface area contributed by atoms with Crippen molar-refractivity contribution in [3.63, 3.8) is 0 Å². The largest absolute Gasteiger partial charge is 0.474 e. The topological polar surface area (TPSA) is 142 Å². The molecule has 3 amide bonds.